The minimum Gasteiger partial charge on any atom is -0.455 e. The Morgan fingerprint density at radius 1 is 1.00 bits per heavy atom. The number of ether oxygens (including phenoxy) is 1. The van der Waals surface area contributed by atoms with Crippen LogP contribution in [0.25, 0.3) is 16.6 Å². The molecule has 12 nitrogen and oxygen atoms in total. The van der Waals surface area contributed by atoms with Crippen molar-refractivity contribution in [3.63, 3.8) is 0 Å². The highest BCUT2D eigenvalue weighted by Gasteiger charge is 2.41. The van der Waals surface area contributed by atoms with E-state index in [9.17, 15) is 18.1 Å². The maximum Gasteiger partial charge on any atom is 0.268 e. The first-order chi connectivity index (χ1) is 26.6. The number of pyridine rings is 1. The fraction of sp³-hybridized carbons (Fsp3) is 0.317. The lowest BCUT2D eigenvalue weighted by atomic mass is 9.59. The lowest BCUT2D eigenvalue weighted by Crippen LogP contribution is -2.47. The van der Waals surface area contributed by atoms with Gasteiger partial charge in [-0.3, -0.25) is 9.69 Å². The Bertz CT molecular complexity index is 2400. The molecule has 284 valence electrons. The summed E-state index contributed by atoms with van der Waals surface area (Å²) in [5.41, 5.74) is 6.57. The zero-order valence-corrected chi connectivity index (χ0v) is 32.0. The number of fused-ring (bicyclic) bond motifs is 1. The highest BCUT2D eigenvalue weighted by Crippen LogP contribution is 2.55. The number of nitrogens with zero attached hydrogens (tertiary/aromatic N) is 4. The van der Waals surface area contributed by atoms with Crippen molar-refractivity contribution in [2.24, 2.45) is 10.6 Å². The molecule has 3 N–H and O–H groups in total. The predicted molar refractivity (Wildman–Crippen MR) is 216 cm³/mol. The molecule has 55 heavy (non-hydrogen) atoms. The lowest BCUT2D eigenvalue weighted by Gasteiger charge is -2.47. The molecule has 8 rings (SSSR count). The van der Waals surface area contributed by atoms with E-state index in [1.165, 1.54) is 54.5 Å². The molecule has 1 spiro atoms. The number of carbonyl (C=O) groups is 1. The van der Waals surface area contributed by atoms with Crippen LogP contribution in [0, 0.1) is 10.3 Å². The third-order valence-corrected chi connectivity index (χ3v) is 13.0. The van der Waals surface area contributed by atoms with Crippen LogP contribution in [-0.2, 0) is 10.0 Å². The maximum atomic E-state index is 13.7. The molecule has 1 aliphatic heterocycles. The average molecular weight is 780 g/mol. The number of H-pyrrole nitrogens is 1. The molecule has 1 saturated heterocycles. The van der Waals surface area contributed by atoms with Crippen LogP contribution in [0.15, 0.2) is 101 Å². The first-order valence-corrected chi connectivity index (χ1v) is 20.4. The van der Waals surface area contributed by atoms with Gasteiger partial charge in [0.15, 0.2) is 0 Å². The molecular formula is C41H42ClN7O5S. The van der Waals surface area contributed by atoms with Crippen LogP contribution in [0.4, 0.5) is 17.1 Å². The van der Waals surface area contributed by atoms with E-state index >= 15 is 0 Å². The number of carbonyl (C=O) groups excluding carboxylic acids is 1. The number of halogens is 1. The second-order valence-electron chi connectivity index (χ2n) is 14.7. The summed E-state index contributed by atoms with van der Waals surface area (Å²) >= 11 is 6.26. The van der Waals surface area contributed by atoms with Gasteiger partial charge in [-0.05, 0) is 108 Å². The van der Waals surface area contributed by atoms with E-state index in [1.807, 2.05) is 24.3 Å². The number of nitroso groups, excluding NO2 is 1. The Morgan fingerprint density at radius 2 is 1.80 bits per heavy atom. The molecular weight excluding hydrogens is 738 g/mol. The van der Waals surface area contributed by atoms with Crippen LogP contribution >= 0.6 is 11.6 Å². The summed E-state index contributed by atoms with van der Waals surface area (Å²) in [7, 11) is -2.79. The number of nitrogens with one attached hydrogen (secondary N) is 3. The molecule has 3 aromatic carbocycles. The molecule has 3 heterocycles. The zero-order valence-electron chi connectivity index (χ0n) is 30.5. The molecule has 14 heteroatoms. The molecule has 0 bridgehead atoms. The van der Waals surface area contributed by atoms with E-state index in [1.54, 1.807) is 37.6 Å². The monoisotopic (exact) mass is 779 g/mol. The summed E-state index contributed by atoms with van der Waals surface area (Å²) in [6, 6.07) is 21.0. The quantitative estimate of drug-likeness (QED) is 0.112. The van der Waals surface area contributed by atoms with Gasteiger partial charge in [0.1, 0.15) is 22.8 Å². The summed E-state index contributed by atoms with van der Waals surface area (Å²) < 4.78 is 35.1. The van der Waals surface area contributed by atoms with Gasteiger partial charge in [-0.2, -0.15) is 0 Å². The van der Waals surface area contributed by atoms with Gasteiger partial charge in [0.2, 0.25) is 0 Å². The Hall–Kier alpha value is -5.24. The molecule has 5 aromatic rings. The molecule has 0 radical (unpaired) electrons. The predicted octanol–water partition coefficient (Wildman–Crippen LogP) is 8.50. The number of piperazine rings is 1. The standard InChI is InChI=1S/C41H42ClN7O5S/c1-43-36-10-8-33(23-37(36)46-51)55(52,53)47-40(50)34-9-7-31(22-38(34)54-32-21-28-12-16-44-39(28)45-25-32)49-19-17-48(18-20-49)26-29-11-15-41(13-2-14-41)24-35(29)27-3-5-30(42)6-4-27/h3-10,12,16,21-23,25,43H,2,11,13-15,17-20,24,26H2,1H3,(H,44,45)(H,47,50). The minimum atomic E-state index is -4.38. The summed E-state index contributed by atoms with van der Waals surface area (Å²) in [6.07, 6.45) is 10.8. The van der Waals surface area contributed by atoms with Crippen molar-refractivity contribution < 1.29 is 17.9 Å². The van der Waals surface area contributed by atoms with E-state index in [2.05, 4.69) is 47.1 Å². The van der Waals surface area contributed by atoms with Gasteiger partial charge in [0, 0.05) is 68.1 Å². The van der Waals surface area contributed by atoms with Gasteiger partial charge in [0.05, 0.1) is 22.3 Å². The highest BCUT2D eigenvalue weighted by atomic mass is 35.5. The van der Waals surface area contributed by atoms with Crippen molar-refractivity contribution in [1.29, 1.82) is 0 Å². The number of allylic oxidation sites excluding steroid dienone is 1. The van der Waals surface area contributed by atoms with Crippen molar-refractivity contribution in [2.45, 2.75) is 43.4 Å². The Kier molecular flexibility index (Phi) is 10.1. The van der Waals surface area contributed by atoms with Crippen molar-refractivity contribution in [3.8, 4) is 11.5 Å². The molecule has 1 saturated carbocycles. The highest BCUT2D eigenvalue weighted by molar-refractivity contribution is 7.90. The largest absolute Gasteiger partial charge is 0.455 e. The second-order valence-corrected chi connectivity index (χ2v) is 16.8. The summed E-state index contributed by atoms with van der Waals surface area (Å²) in [6.45, 7) is 4.17. The van der Waals surface area contributed by atoms with Crippen LogP contribution in [-0.4, -0.2) is 69.0 Å². The van der Waals surface area contributed by atoms with E-state index in [0.717, 1.165) is 67.7 Å². The first kappa shape index (κ1) is 36.7. The second kappa shape index (κ2) is 15.1. The Morgan fingerprint density at radius 3 is 2.53 bits per heavy atom. The third-order valence-electron chi connectivity index (χ3n) is 11.4. The normalized spacial score (nSPS) is 17.2. The summed E-state index contributed by atoms with van der Waals surface area (Å²) in [4.78, 5) is 37.0. The van der Waals surface area contributed by atoms with Gasteiger partial charge in [-0.1, -0.05) is 35.7 Å². The van der Waals surface area contributed by atoms with Crippen LogP contribution in [0.2, 0.25) is 5.02 Å². The van der Waals surface area contributed by atoms with E-state index in [0.29, 0.717) is 22.5 Å². The Labute approximate surface area is 324 Å². The fourth-order valence-electron chi connectivity index (χ4n) is 8.11. The number of anilines is 2. The Balaban J connectivity index is 1.02. The van der Waals surface area contributed by atoms with Gasteiger partial charge in [0.25, 0.3) is 15.9 Å². The molecule has 0 unspecified atom stereocenters. The number of aromatic amines is 1. The number of aromatic nitrogens is 2. The third kappa shape index (κ3) is 7.69. The van der Waals surface area contributed by atoms with E-state index < -0.39 is 15.9 Å². The number of hydrogen-bond donors (Lipinski definition) is 3. The van der Waals surface area contributed by atoms with Crippen LogP contribution < -0.4 is 19.7 Å². The maximum absolute atomic E-state index is 13.7. The zero-order chi connectivity index (χ0) is 38.2. The van der Waals surface area contributed by atoms with Crippen molar-refractivity contribution in [3.05, 3.63) is 112 Å². The van der Waals surface area contributed by atoms with Gasteiger partial charge >= 0.3 is 0 Å². The van der Waals surface area contributed by atoms with Crippen molar-refractivity contribution in [1.82, 2.24) is 19.6 Å². The molecule has 2 aromatic heterocycles. The number of hydrogen-bond acceptors (Lipinski definition) is 10. The number of benzene rings is 3. The number of amides is 1. The molecule has 3 aliphatic rings. The SMILES string of the molecule is CNc1ccc(S(=O)(=O)NC(=O)c2ccc(N3CCN(CC4=C(c5ccc(Cl)cc5)CC5(CCC5)CC4)CC3)cc2Oc2cnc3[nH]ccc3c2)cc1N=O. The molecule has 0 atom stereocenters. The van der Waals surface area contributed by atoms with E-state index in [4.69, 9.17) is 16.3 Å². The van der Waals surface area contributed by atoms with Crippen molar-refractivity contribution >= 4 is 61.2 Å². The molecule has 2 fully saturated rings. The average Bonchev–Trinajstić information content (AvgIpc) is 3.66. The summed E-state index contributed by atoms with van der Waals surface area (Å²) in [5.74, 6) is -0.326. The number of rotatable bonds is 11. The smallest absolute Gasteiger partial charge is 0.268 e. The van der Waals surface area contributed by atoms with Gasteiger partial charge in [-0.15, -0.1) is 4.91 Å². The summed E-state index contributed by atoms with van der Waals surface area (Å²) in [5, 5.41) is 7.28. The number of sulfonamides is 1. The first-order valence-electron chi connectivity index (χ1n) is 18.5. The molecule has 2 aliphatic carbocycles. The topological polar surface area (TPSA) is 149 Å². The van der Waals surface area contributed by atoms with Crippen molar-refractivity contribution in [2.75, 3.05) is 50.0 Å². The molecule has 1 amide bonds. The van der Waals surface area contributed by atoms with Gasteiger partial charge in [-0.25, -0.2) is 18.1 Å². The van der Waals surface area contributed by atoms with Gasteiger partial charge < -0.3 is 19.9 Å². The minimum absolute atomic E-state index is 0.0175. The van der Waals surface area contributed by atoms with Crippen LogP contribution in [0.5, 0.6) is 11.5 Å². The fourth-order valence-corrected chi connectivity index (χ4v) is 9.22. The van der Waals surface area contributed by atoms with E-state index in [-0.39, 0.29) is 21.9 Å². The lowest BCUT2D eigenvalue weighted by molar-refractivity contribution is 0.0979. The van der Waals surface area contributed by atoms with Crippen LogP contribution in [0.3, 0.4) is 0 Å². The van der Waals surface area contributed by atoms with Crippen LogP contribution in [0.1, 0.15) is 54.4 Å².